The zero-order valence-electron chi connectivity index (χ0n) is 18.2. The zero-order valence-corrected chi connectivity index (χ0v) is 19.8. The van der Waals surface area contributed by atoms with Crippen LogP contribution in [0.3, 0.4) is 0 Å². The van der Waals surface area contributed by atoms with Gasteiger partial charge in [0, 0.05) is 11.0 Å². The van der Waals surface area contributed by atoms with Crippen molar-refractivity contribution in [1.82, 2.24) is 0 Å². The van der Waals surface area contributed by atoms with Gasteiger partial charge in [-0.1, -0.05) is 75.7 Å². The molecule has 0 unspecified atom stereocenters. The van der Waals surface area contributed by atoms with E-state index in [0.717, 1.165) is 17.2 Å². The number of rotatable bonds is 6. The molecule has 0 aliphatic rings. The van der Waals surface area contributed by atoms with Crippen molar-refractivity contribution in [3.63, 3.8) is 0 Å². The van der Waals surface area contributed by atoms with Crippen LogP contribution < -0.4 is 0 Å². The predicted molar refractivity (Wildman–Crippen MR) is 126 cm³/mol. The molecule has 6 nitrogen and oxygen atoms in total. The molecule has 3 aromatic carbocycles. The van der Waals surface area contributed by atoms with Crippen LogP contribution >= 0.6 is 11.6 Å². The lowest BCUT2D eigenvalue weighted by Crippen LogP contribution is -2.19. The molecule has 168 valence electrons. The SMILES string of the molecule is CC(C)c1cc(N=Nc2cc(S(=O)(=O)O)ccc2Cl)c(O)c(C(C)(C)c2ccccc2)c1. The van der Waals surface area contributed by atoms with Crippen LogP contribution in [0, 0.1) is 0 Å². The molecule has 0 saturated carbocycles. The second kappa shape index (κ2) is 9.02. The minimum atomic E-state index is -4.42. The van der Waals surface area contributed by atoms with Gasteiger partial charge in [0.15, 0.2) is 0 Å². The summed E-state index contributed by atoms with van der Waals surface area (Å²) in [4.78, 5) is -0.345. The first kappa shape index (κ1) is 23.9. The van der Waals surface area contributed by atoms with E-state index in [4.69, 9.17) is 11.6 Å². The van der Waals surface area contributed by atoms with Gasteiger partial charge in [-0.15, -0.1) is 10.2 Å². The highest BCUT2D eigenvalue weighted by Crippen LogP contribution is 2.44. The van der Waals surface area contributed by atoms with Gasteiger partial charge >= 0.3 is 0 Å². The summed E-state index contributed by atoms with van der Waals surface area (Å²) < 4.78 is 32.2. The Morgan fingerprint density at radius 2 is 1.56 bits per heavy atom. The van der Waals surface area contributed by atoms with E-state index < -0.39 is 15.5 Å². The molecule has 0 heterocycles. The van der Waals surface area contributed by atoms with Gasteiger partial charge in [0.2, 0.25) is 0 Å². The van der Waals surface area contributed by atoms with Crippen molar-refractivity contribution in [2.45, 2.75) is 43.9 Å². The maximum atomic E-state index is 11.4. The van der Waals surface area contributed by atoms with Crippen molar-refractivity contribution in [2.24, 2.45) is 10.2 Å². The molecule has 0 aliphatic carbocycles. The maximum Gasteiger partial charge on any atom is 0.294 e. The van der Waals surface area contributed by atoms with Gasteiger partial charge in [-0.3, -0.25) is 4.55 Å². The van der Waals surface area contributed by atoms with E-state index in [-0.39, 0.29) is 33.0 Å². The second-order valence-electron chi connectivity index (χ2n) is 8.37. The van der Waals surface area contributed by atoms with Crippen LogP contribution in [-0.2, 0) is 15.5 Å². The van der Waals surface area contributed by atoms with Crippen LogP contribution in [0.1, 0.15) is 50.3 Å². The Kier molecular flexibility index (Phi) is 6.74. The third-order valence-corrected chi connectivity index (χ3v) is 6.60. The molecule has 32 heavy (non-hydrogen) atoms. The lowest BCUT2D eigenvalue weighted by Gasteiger charge is -2.28. The fourth-order valence-corrected chi connectivity index (χ4v) is 4.03. The number of azo groups is 1. The molecule has 0 fully saturated rings. The fourth-order valence-electron chi connectivity index (χ4n) is 3.37. The first-order chi connectivity index (χ1) is 14.9. The molecule has 0 spiro atoms. The molecular formula is C24H25ClN2O4S. The Bertz CT molecular complexity index is 1270. The third kappa shape index (κ3) is 5.01. The number of halogens is 1. The quantitative estimate of drug-likeness (QED) is 0.293. The van der Waals surface area contributed by atoms with Gasteiger partial charge in [0.05, 0.1) is 9.92 Å². The number of benzene rings is 3. The van der Waals surface area contributed by atoms with E-state index in [1.807, 2.05) is 64.1 Å². The third-order valence-electron chi connectivity index (χ3n) is 5.43. The zero-order chi connectivity index (χ0) is 23.7. The Morgan fingerprint density at radius 1 is 0.938 bits per heavy atom. The summed E-state index contributed by atoms with van der Waals surface area (Å²) in [6.07, 6.45) is 0. The highest BCUT2D eigenvalue weighted by atomic mass is 35.5. The van der Waals surface area contributed by atoms with Crippen molar-refractivity contribution < 1.29 is 18.1 Å². The fraction of sp³-hybridized carbons (Fsp3) is 0.250. The molecule has 3 aromatic rings. The Labute approximate surface area is 193 Å². The molecular weight excluding hydrogens is 448 g/mol. The average molecular weight is 473 g/mol. The number of phenols is 1. The number of hydrogen-bond acceptors (Lipinski definition) is 5. The Balaban J connectivity index is 2.14. The van der Waals surface area contributed by atoms with E-state index in [9.17, 15) is 18.1 Å². The highest BCUT2D eigenvalue weighted by molar-refractivity contribution is 7.85. The average Bonchev–Trinajstić information content (AvgIpc) is 2.73. The van der Waals surface area contributed by atoms with E-state index in [1.165, 1.54) is 12.1 Å². The highest BCUT2D eigenvalue weighted by Gasteiger charge is 2.28. The molecule has 0 saturated heterocycles. The van der Waals surface area contributed by atoms with Crippen molar-refractivity contribution >= 4 is 33.1 Å². The van der Waals surface area contributed by atoms with Crippen molar-refractivity contribution in [2.75, 3.05) is 0 Å². The number of hydrogen-bond donors (Lipinski definition) is 2. The van der Waals surface area contributed by atoms with E-state index in [2.05, 4.69) is 10.2 Å². The van der Waals surface area contributed by atoms with Gasteiger partial charge in [0.25, 0.3) is 10.1 Å². The van der Waals surface area contributed by atoms with Crippen LogP contribution in [0.4, 0.5) is 11.4 Å². The molecule has 8 heteroatoms. The molecule has 0 atom stereocenters. The molecule has 3 rings (SSSR count). The summed E-state index contributed by atoms with van der Waals surface area (Å²) in [7, 11) is -4.42. The van der Waals surface area contributed by atoms with Crippen molar-refractivity contribution in [3.05, 3.63) is 82.4 Å². The summed E-state index contributed by atoms with van der Waals surface area (Å²) in [5, 5.41) is 19.5. The number of phenolic OH excluding ortho intramolecular Hbond substituents is 1. The minimum Gasteiger partial charge on any atom is -0.505 e. The predicted octanol–water partition coefficient (Wildman–Crippen LogP) is 7.16. The van der Waals surface area contributed by atoms with Gasteiger partial charge in [-0.05, 0) is 41.3 Å². The summed E-state index contributed by atoms with van der Waals surface area (Å²) in [5.41, 5.74) is 2.48. The van der Waals surface area contributed by atoms with Crippen LogP contribution in [0.15, 0.2) is 75.8 Å². The van der Waals surface area contributed by atoms with Crippen LogP contribution in [0.2, 0.25) is 5.02 Å². The summed E-state index contributed by atoms with van der Waals surface area (Å²) in [5.74, 6) is 0.149. The van der Waals surface area contributed by atoms with Gasteiger partial charge in [-0.2, -0.15) is 8.42 Å². The van der Waals surface area contributed by atoms with Crippen LogP contribution in [-0.4, -0.2) is 18.1 Å². The summed E-state index contributed by atoms with van der Waals surface area (Å²) in [6.45, 7) is 8.13. The van der Waals surface area contributed by atoms with Crippen molar-refractivity contribution in [3.8, 4) is 5.75 Å². The van der Waals surface area contributed by atoms with Crippen LogP contribution in [0.5, 0.6) is 5.75 Å². The number of aromatic hydroxyl groups is 1. The maximum absolute atomic E-state index is 11.4. The Morgan fingerprint density at radius 3 is 2.16 bits per heavy atom. The second-order valence-corrected chi connectivity index (χ2v) is 10.2. The van der Waals surface area contributed by atoms with Gasteiger partial charge < -0.3 is 5.11 Å². The Hall–Kier alpha value is -2.74. The largest absolute Gasteiger partial charge is 0.505 e. The van der Waals surface area contributed by atoms with E-state index in [1.54, 1.807) is 6.07 Å². The monoisotopic (exact) mass is 472 g/mol. The number of nitrogens with zero attached hydrogens (tertiary/aromatic N) is 2. The van der Waals surface area contributed by atoms with Crippen LogP contribution in [0.25, 0.3) is 0 Å². The first-order valence-corrected chi connectivity index (χ1v) is 11.8. The molecule has 0 radical (unpaired) electrons. The summed E-state index contributed by atoms with van der Waals surface area (Å²) in [6, 6.07) is 17.2. The molecule has 0 amide bonds. The van der Waals surface area contributed by atoms with E-state index in [0.29, 0.717) is 5.56 Å². The standard InChI is InChI=1S/C24H25ClN2O4S/c1-15(2)16-12-19(24(3,4)17-8-6-5-7-9-17)23(28)22(13-16)27-26-21-14-18(32(29,30)31)10-11-20(21)25/h5-15,28H,1-4H3,(H,29,30,31). The molecule has 0 aliphatic heterocycles. The summed E-state index contributed by atoms with van der Waals surface area (Å²) >= 11 is 6.13. The topological polar surface area (TPSA) is 99.3 Å². The lowest BCUT2D eigenvalue weighted by atomic mass is 9.76. The molecule has 0 aromatic heterocycles. The van der Waals surface area contributed by atoms with Crippen molar-refractivity contribution in [1.29, 1.82) is 0 Å². The van der Waals surface area contributed by atoms with Gasteiger partial charge in [-0.25, -0.2) is 0 Å². The normalized spacial score (nSPS) is 12.6. The van der Waals surface area contributed by atoms with Gasteiger partial charge in [0.1, 0.15) is 17.1 Å². The minimum absolute atomic E-state index is 0.0194. The molecule has 2 N–H and O–H groups in total. The lowest BCUT2D eigenvalue weighted by molar-refractivity contribution is 0.453. The first-order valence-electron chi connectivity index (χ1n) is 10.0. The molecule has 0 bridgehead atoms. The van der Waals surface area contributed by atoms with E-state index >= 15 is 0 Å². The smallest absolute Gasteiger partial charge is 0.294 e.